The molecule has 1 aliphatic rings. The molecule has 140 valence electrons. The van der Waals surface area contributed by atoms with E-state index in [1.807, 2.05) is 55.1 Å². The largest absolute Gasteiger partial charge is 0.342 e. The smallest absolute Gasteiger partial charge is 0.227 e. The summed E-state index contributed by atoms with van der Waals surface area (Å²) in [6, 6.07) is 0. The van der Waals surface area contributed by atoms with Gasteiger partial charge in [-0.1, -0.05) is 27.7 Å². The Bertz CT molecular complexity index is 744. The Morgan fingerprint density at radius 2 is 2.04 bits per heavy atom. The van der Waals surface area contributed by atoms with Gasteiger partial charge in [0, 0.05) is 48.9 Å². The van der Waals surface area contributed by atoms with Gasteiger partial charge >= 0.3 is 0 Å². The Labute approximate surface area is 155 Å². The molecule has 0 unspecified atom stereocenters. The highest BCUT2D eigenvalue weighted by Crippen LogP contribution is 2.29. The Morgan fingerprint density at radius 3 is 2.69 bits per heavy atom. The third kappa shape index (κ3) is 4.11. The van der Waals surface area contributed by atoms with E-state index in [1.54, 1.807) is 0 Å². The van der Waals surface area contributed by atoms with Crippen LogP contribution in [0.25, 0.3) is 11.3 Å². The molecule has 1 amide bonds. The molecule has 2 aromatic heterocycles. The first-order chi connectivity index (χ1) is 12.4. The number of rotatable bonds is 4. The number of aromatic nitrogens is 4. The zero-order valence-electron chi connectivity index (χ0n) is 16.3. The lowest BCUT2D eigenvalue weighted by Gasteiger charge is -2.36. The molecular formula is C20H29N5O. The minimum Gasteiger partial charge on any atom is -0.342 e. The molecule has 0 N–H and O–H groups in total. The molecule has 3 rings (SSSR count). The third-order valence-electron chi connectivity index (χ3n) is 4.82. The molecule has 2 aromatic rings. The number of hydrogen-bond acceptors (Lipinski definition) is 4. The standard InChI is InChI=1S/C20H29N5O/c1-5-8-25-14-16(10-23-25)18-12-21-17(11-22-18)15-7-6-9-24(13-15)19(26)20(2,3)4/h10-12,14-15H,5-9,13H2,1-4H3/t15-/m1/s1. The van der Waals surface area contributed by atoms with E-state index in [9.17, 15) is 4.79 Å². The molecule has 26 heavy (non-hydrogen) atoms. The lowest BCUT2D eigenvalue weighted by atomic mass is 9.90. The van der Waals surface area contributed by atoms with Gasteiger partial charge < -0.3 is 4.90 Å². The van der Waals surface area contributed by atoms with Gasteiger partial charge in [0.2, 0.25) is 5.91 Å². The highest BCUT2D eigenvalue weighted by atomic mass is 16.2. The van der Waals surface area contributed by atoms with Crippen LogP contribution in [0.5, 0.6) is 0 Å². The van der Waals surface area contributed by atoms with Gasteiger partial charge in [0.15, 0.2) is 0 Å². The first-order valence-electron chi connectivity index (χ1n) is 9.52. The van der Waals surface area contributed by atoms with Crippen LogP contribution >= 0.6 is 0 Å². The summed E-state index contributed by atoms with van der Waals surface area (Å²) < 4.78 is 1.93. The summed E-state index contributed by atoms with van der Waals surface area (Å²) >= 11 is 0. The summed E-state index contributed by atoms with van der Waals surface area (Å²) in [5.41, 5.74) is 2.47. The summed E-state index contributed by atoms with van der Waals surface area (Å²) in [5.74, 6) is 0.481. The molecule has 1 aliphatic heterocycles. The zero-order chi connectivity index (χ0) is 18.7. The van der Waals surface area contributed by atoms with Crippen LogP contribution in [-0.4, -0.2) is 43.6 Å². The van der Waals surface area contributed by atoms with Crippen molar-refractivity contribution in [2.75, 3.05) is 13.1 Å². The van der Waals surface area contributed by atoms with Crippen LogP contribution in [0.3, 0.4) is 0 Å². The third-order valence-corrected chi connectivity index (χ3v) is 4.82. The molecule has 0 aromatic carbocycles. The molecule has 0 bridgehead atoms. The second-order valence-electron chi connectivity index (χ2n) is 8.16. The second kappa shape index (κ2) is 7.56. The van der Waals surface area contributed by atoms with Gasteiger partial charge in [-0.2, -0.15) is 5.10 Å². The Morgan fingerprint density at radius 1 is 1.23 bits per heavy atom. The SMILES string of the molecule is CCCn1cc(-c2cnc([C@@H]3CCCN(C(=O)C(C)(C)C)C3)cn2)cn1. The van der Waals surface area contributed by atoms with Gasteiger partial charge in [-0.05, 0) is 19.3 Å². The highest BCUT2D eigenvalue weighted by Gasteiger charge is 2.31. The fourth-order valence-corrected chi connectivity index (χ4v) is 3.42. The lowest BCUT2D eigenvalue weighted by molar-refractivity contribution is -0.140. The number of carbonyl (C=O) groups is 1. The van der Waals surface area contributed by atoms with E-state index in [0.717, 1.165) is 55.8 Å². The molecule has 3 heterocycles. The van der Waals surface area contributed by atoms with Crippen molar-refractivity contribution in [2.45, 2.75) is 59.4 Å². The maximum Gasteiger partial charge on any atom is 0.227 e. The Hall–Kier alpha value is -2.24. The highest BCUT2D eigenvalue weighted by molar-refractivity contribution is 5.81. The monoisotopic (exact) mass is 355 g/mol. The maximum absolute atomic E-state index is 12.6. The van der Waals surface area contributed by atoms with E-state index in [4.69, 9.17) is 0 Å². The average molecular weight is 355 g/mol. The minimum absolute atomic E-state index is 0.218. The molecule has 0 radical (unpaired) electrons. The molecule has 0 saturated carbocycles. The predicted octanol–water partition coefficient (Wildman–Crippen LogP) is 3.50. The molecule has 1 saturated heterocycles. The van der Waals surface area contributed by atoms with Crippen LogP contribution in [-0.2, 0) is 11.3 Å². The van der Waals surface area contributed by atoms with Crippen molar-refractivity contribution in [3.8, 4) is 11.3 Å². The Kier molecular flexibility index (Phi) is 5.39. The molecule has 0 spiro atoms. The lowest BCUT2D eigenvalue weighted by Crippen LogP contribution is -2.44. The first kappa shape index (κ1) is 18.5. The summed E-state index contributed by atoms with van der Waals surface area (Å²) in [6.45, 7) is 10.6. The number of likely N-dealkylation sites (tertiary alicyclic amines) is 1. The van der Waals surface area contributed by atoms with Crippen molar-refractivity contribution in [3.05, 3.63) is 30.5 Å². The van der Waals surface area contributed by atoms with Crippen LogP contribution in [0.1, 0.15) is 58.6 Å². The molecule has 0 aliphatic carbocycles. The number of aryl methyl sites for hydroxylation is 1. The molecule has 1 atom stereocenters. The van der Waals surface area contributed by atoms with Gasteiger partial charge in [-0.25, -0.2) is 0 Å². The van der Waals surface area contributed by atoms with Gasteiger partial charge in [0.05, 0.1) is 23.8 Å². The quantitative estimate of drug-likeness (QED) is 0.842. The van der Waals surface area contributed by atoms with Crippen molar-refractivity contribution < 1.29 is 4.79 Å². The topological polar surface area (TPSA) is 63.9 Å². The number of amides is 1. The summed E-state index contributed by atoms with van der Waals surface area (Å²) in [7, 11) is 0. The van der Waals surface area contributed by atoms with E-state index in [-0.39, 0.29) is 17.2 Å². The summed E-state index contributed by atoms with van der Waals surface area (Å²) in [5, 5.41) is 4.35. The van der Waals surface area contributed by atoms with Crippen molar-refractivity contribution in [3.63, 3.8) is 0 Å². The van der Waals surface area contributed by atoms with E-state index in [2.05, 4.69) is 22.0 Å². The van der Waals surface area contributed by atoms with E-state index in [1.165, 1.54) is 0 Å². The van der Waals surface area contributed by atoms with Crippen molar-refractivity contribution >= 4 is 5.91 Å². The average Bonchev–Trinajstić information content (AvgIpc) is 3.09. The van der Waals surface area contributed by atoms with E-state index in [0.29, 0.717) is 0 Å². The summed E-state index contributed by atoms with van der Waals surface area (Å²) in [4.78, 5) is 23.8. The van der Waals surface area contributed by atoms with Crippen LogP contribution < -0.4 is 0 Å². The van der Waals surface area contributed by atoms with Gasteiger partial charge in [-0.15, -0.1) is 0 Å². The number of piperidine rings is 1. The normalized spacial score (nSPS) is 18.2. The van der Waals surface area contributed by atoms with Crippen LogP contribution in [0, 0.1) is 5.41 Å². The number of hydrogen-bond donors (Lipinski definition) is 0. The molecule has 1 fully saturated rings. The van der Waals surface area contributed by atoms with Gasteiger partial charge in [0.25, 0.3) is 0 Å². The van der Waals surface area contributed by atoms with Crippen LogP contribution in [0.2, 0.25) is 0 Å². The summed E-state index contributed by atoms with van der Waals surface area (Å²) in [6.07, 6.45) is 10.7. The predicted molar refractivity (Wildman–Crippen MR) is 102 cm³/mol. The maximum atomic E-state index is 12.6. The van der Waals surface area contributed by atoms with Crippen LogP contribution in [0.4, 0.5) is 0 Å². The Balaban J connectivity index is 1.70. The van der Waals surface area contributed by atoms with Crippen LogP contribution in [0.15, 0.2) is 24.8 Å². The van der Waals surface area contributed by atoms with Crippen molar-refractivity contribution in [1.29, 1.82) is 0 Å². The van der Waals surface area contributed by atoms with Gasteiger partial charge in [0.1, 0.15) is 0 Å². The van der Waals surface area contributed by atoms with Crippen molar-refractivity contribution in [1.82, 2.24) is 24.6 Å². The minimum atomic E-state index is -0.337. The van der Waals surface area contributed by atoms with E-state index < -0.39 is 0 Å². The van der Waals surface area contributed by atoms with E-state index >= 15 is 0 Å². The second-order valence-corrected chi connectivity index (χ2v) is 8.16. The van der Waals surface area contributed by atoms with Crippen molar-refractivity contribution in [2.24, 2.45) is 5.41 Å². The van der Waals surface area contributed by atoms with Gasteiger partial charge in [-0.3, -0.25) is 19.4 Å². The number of carbonyl (C=O) groups excluding carboxylic acids is 1. The molecular weight excluding hydrogens is 326 g/mol. The fourth-order valence-electron chi connectivity index (χ4n) is 3.42. The fraction of sp³-hybridized carbons (Fsp3) is 0.600. The molecule has 6 heteroatoms. The molecule has 6 nitrogen and oxygen atoms in total. The zero-order valence-corrected chi connectivity index (χ0v) is 16.3. The number of nitrogens with zero attached hydrogens (tertiary/aromatic N) is 5. The first-order valence-corrected chi connectivity index (χ1v) is 9.52.